The average molecular weight is 440 g/mol. The molecule has 1 amide bonds. The Morgan fingerprint density at radius 3 is 2.74 bits per heavy atom. The molecular formula is C25H29NO4S. The number of aromatic carboxylic acids is 1. The molecule has 0 spiro atoms. The van der Waals surface area contributed by atoms with Crippen LogP contribution in [0.5, 0.6) is 0 Å². The highest BCUT2D eigenvalue weighted by Crippen LogP contribution is 2.22. The predicted molar refractivity (Wildman–Crippen MR) is 124 cm³/mol. The molecule has 6 heteroatoms. The molecule has 1 aliphatic heterocycles. The van der Waals surface area contributed by atoms with Crippen molar-refractivity contribution < 1.29 is 19.8 Å². The van der Waals surface area contributed by atoms with E-state index in [1.165, 1.54) is 16.9 Å². The number of carbonyl (C=O) groups is 2. The smallest absolute Gasteiger partial charge is 0.345 e. The van der Waals surface area contributed by atoms with Crippen molar-refractivity contribution in [3.8, 4) is 0 Å². The molecule has 2 aromatic rings. The molecule has 3 rings (SSSR count). The molecule has 2 N–H and O–H groups in total. The molecule has 5 nitrogen and oxygen atoms in total. The Morgan fingerprint density at radius 2 is 2.03 bits per heavy atom. The van der Waals surface area contributed by atoms with E-state index in [-0.39, 0.29) is 17.9 Å². The van der Waals surface area contributed by atoms with E-state index in [1.54, 1.807) is 17.0 Å². The number of aryl methyl sites for hydroxylation is 1. The molecular weight excluding hydrogens is 410 g/mol. The number of hydrogen-bond acceptors (Lipinski definition) is 4. The quantitative estimate of drug-likeness (QED) is 0.529. The molecule has 31 heavy (non-hydrogen) atoms. The highest BCUT2D eigenvalue weighted by Gasteiger charge is 2.28. The number of nitrogens with zero attached hydrogens (tertiary/aromatic N) is 1. The summed E-state index contributed by atoms with van der Waals surface area (Å²) in [6.07, 6.45) is 10.1. The topological polar surface area (TPSA) is 77.8 Å². The molecule has 3 atom stereocenters. The average Bonchev–Trinajstić information content (AvgIpc) is 3.38. The fraction of sp³-hybridized carbons (Fsp3) is 0.360. The van der Waals surface area contributed by atoms with Crippen LogP contribution in [-0.2, 0) is 11.2 Å². The van der Waals surface area contributed by atoms with Gasteiger partial charge in [-0.3, -0.25) is 4.79 Å². The summed E-state index contributed by atoms with van der Waals surface area (Å²) < 4.78 is 0. The molecule has 1 saturated heterocycles. The molecule has 0 bridgehead atoms. The normalized spacial score (nSPS) is 18.8. The van der Waals surface area contributed by atoms with Crippen molar-refractivity contribution in [2.24, 2.45) is 5.92 Å². The van der Waals surface area contributed by atoms with E-state index in [4.69, 9.17) is 5.11 Å². The van der Waals surface area contributed by atoms with Crippen LogP contribution in [0.1, 0.15) is 46.3 Å². The van der Waals surface area contributed by atoms with Gasteiger partial charge in [0.05, 0.1) is 12.1 Å². The number of carboxylic acid groups (broad SMARTS) is 1. The van der Waals surface area contributed by atoms with Crippen molar-refractivity contribution in [3.63, 3.8) is 0 Å². The van der Waals surface area contributed by atoms with Crippen LogP contribution < -0.4 is 0 Å². The summed E-state index contributed by atoms with van der Waals surface area (Å²) in [5.41, 5.74) is 1.27. The Bertz CT molecular complexity index is 934. The van der Waals surface area contributed by atoms with Gasteiger partial charge in [0.2, 0.25) is 5.91 Å². The van der Waals surface area contributed by atoms with Gasteiger partial charge >= 0.3 is 5.97 Å². The lowest BCUT2D eigenvalue weighted by molar-refractivity contribution is -0.127. The van der Waals surface area contributed by atoms with Gasteiger partial charge in [0.25, 0.3) is 0 Å². The molecule has 0 unspecified atom stereocenters. The van der Waals surface area contributed by atoms with Crippen LogP contribution in [0.25, 0.3) is 6.08 Å². The van der Waals surface area contributed by atoms with Gasteiger partial charge in [0, 0.05) is 17.8 Å². The van der Waals surface area contributed by atoms with Crippen molar-refractivity contribution in [3.05, 3.63) is 76.0 Å². The number of thiophene rings is 1. The second kappa shape index (κ2) is 11.1. The van der Waals surface area contributed by atoms with E-state index < -0.39 is 12.1 Å². The third kappa shape index (κ3) is 6.64. The molecule has 1 aromatic heterocycles. The minimum absolute atomic E-state index is 0.0222. The first kappa shape index (κ1) is 23.0. The maximum absolute atomic E-state index is 12.3. The largest absolute Gasteiger partial charge is 0.477 e. The molecule has 2 heterocycles. The molecule has 164 valence electrons. The summed E-state index contributed by atoms with van der Waals surface area (Å²) in [5, 5.41) is 19.5. The molecule has 1 aromatic carbocycles. The lowest BCUT2D eigenvalue weighted by Gasteiger charge is -2.22. The lowest BCUT2D eigenvalue weighted by atomic mass is 9.95. The molecule has 0 aliphatic carbocycles. The summed E-state index contributed by atoms with van der Waals surface area (Å²) in [6.45, 7) is 2.51. The van der Waals surface area contributed by atoms with Crippen molar-refractivity contribution in [2.75, 3.05) is 6.54 Å². The van der Waals surface area contributed by atoms with Crippen molar-refractivity contribution in [1.29, 1.82) is 0 Å². The van der Waals surface area contributed by atoms with E-state index >= 15 is 0 Å². The summed E-state index contributed by atoms with van der Waals surface area (Å²) in [6, 6.07) is 13.6. The van der Waals surface area contributed by atoms with Gasteiger partial charge < -0.3 is 15.1 Å². The fourth-order valence-corrected chi connectivity index (χ4v) is 4.45. The zero-order valence-electron chi connectivity index (χ0n) is 17.7. The predicted octanol–water partition coefficient (Wildman–Crippen LogP) is 4.64. The Labute approximate surface area is 187 Å². The Kier molecular flexibility index (Phi) is 8.20. The highest BCUT2D eigenvalue weighted by atomic mass is 32.1. The number of aliphatic hydroxyl groups is 1. The van der Waals surface area contributed by atoms with Crippen LogP contribution in [0.3, 0.4) is 0 Å². The highest BCUT2D eigenvalue weighted by molar-refractivity contribution is 7.14. The number of carboxylic acids is 1. The van der Waals surface area contributed by atoms with Crippen molar-refractivity contribution in [2.45, 2.75) is 44.8 Å². The van der Waals surface area contributed by atoms with E-state index in [1.807, 2.05) is 49.4 Å². The number of hydrogen-bond donors (Lipinski definition) is 2. The zero-order chi connectivity index (χ0) is 22.2. The maximum atomic E-state index is 12.3. The van der Waals surface area contributed by atoms with E-state index in [0.29, 0.717) is 17.8 Å². The second-order valence-electron chi connectivity index (χ2n) is 7.94. The van der Waals surface area contributed by atoms with Crippen LogP contribution in [-0.4, -0.2) is 45.7 Å². The fourth-order valence-electron chi connectivity index (χ4n) is 3.67. The SMILES string of the molecule is C[C@@H](CCc1ccccc1)[C@H](O)/C=C/[C@H]1CCC(=O)N1C/C=C\c1ccc(C(=O)O)s1. The van der Waals surface area contributed by atoms with Crippen LogP contribution in [0.2, 0.25) is 0 Å². The molecule has 0 saturated carbocycles. The Morgan fingerprint density at radius 1 is 1.26 bits per heavy atom. The Hall–Kier alpha value is -2.70. The second-order valence-corrected chi connectivity index (χ2v) is 9.05. The van der Waals surface area contributed by atoms with Crippen molar-refractivity contribution >= 4 is 29.3 Å². The third-order valence-electron chi connectivity index (χ3n) is 5.64. The molecule has 1 aliphatic rings. The number of rotatable bonds is 10. The van der Waals surface area contributed by atoms with E-state index in [2.05, 4.69) is 12.1 Å². The van der Waals surface area contributed by atoms with Crippen LogP contribution in [0.4, 0.5) is 0 Å². The van der Waals surface area contributed by atoms with Gasteiger partial charge in [0.15, 0.2) is 0 Å². The van der Waals surface area contributed by atoms with Crippen LogP contribution in [0, 0.1) is 5.92 Å². The van der Waals surface area contributed by atoms with Gasteiger partial charge in [-0.25, -0.2) is 4.79 Å². The lowest BCUT2D eigenvalue weighted by Crippen LogP contribution is -2.32. The van der Waals surface area contributed by atoms with Crippen molar-refractivity contribution in [1.82, 2.24) is 4.90 Å². The number of likely N-dealkylation sites (tertiary alicyclic amines) is 1. The van der Waals surface area contributed by atoms with Gasteiger partial charge in [-0.15, -0.1) is 11.3 Å². The summed E-state index contributed by atoms with van der Waals surface area (Å²) in [5.74, 6) is -0.700. The first-order valence-corrected chi connectivity index (χ1v) is 11.4. The zero-order valence-corrected chi connectivity index (χ0v) is 18.5. The first-order valence-electron chi connectivity index (χ1n) is 10.6. The number of amides is 1. The summed E-state index contributed by atoms with van der Waals surface area (Å²) in [7, 11) is 0. The Balaban J connectivity index is 1.51. The minimum Gasteiger partial charge on any atom is -0.477 e. The van der Waals surface area contributed by atoms with Gasteiger partial charge in [-0.2, -0.15) is 0 Å². The van der Waals surface area contributed by atoms with E-state index in [9.17, 15) is 14.7 Å². The number of carbonyl (C=O) groups excluding carboxylic acids is 1. The standard InChI is InChI=1S/C25H29NO4S/c1-18(9-10-19-6-3-2-4-7-19)22(27)14-11-20-12-16-24(28)26(20)17-5-8-21-13-15-23(31-21)25(29)30/h2-8,11,13-15,18,20,22,27H,9-10,12,16-17H2,1H3,(H,29,30)/b8-5-,14-11+/t18-,20-,22+/m0/s1. The number of benzene rings is 1. The first-order chi connectivity index (χ1) is 14.9. The summed E-state index contributed by atoms with van der Waals surface area (Å²) >= 11 is 1.21. The van der Waals surface area contributed by atoms with E-state index in [0.717, 1.165) is 24.1 Å². The van der Waals surface area contributed by atoms with Gasteiger partial charge in [0.1, 0.15) is 4.88 Å². The molecule has 0 radical (unpaired) electrons. The third-order valence-corrected chi connectivity index (χ3v) is 6.68. The molecule has 1 fully saturated rings. The monoisotopic (exact) mass is 439 g/mol. The number of aliphatic hydroxyl groups excluding tert-OH is 1. The maximum Gasteiger partial charge on any atom is 0.345 e. The van der Waals surface area contributed by atoms with Gasteiger partial charge in [-0.1, -0.05) is 55.5 Å². The summed E-state index contributed by atoms with van der Waals surface area (Å²) in [4.78, 5) is 26.2. The minimum atomic E-state index is -0.930. The van der Waals surface area contributed by atoms with Crippen LogP contribution in [0.15, 0.2) is 60.7 Å². The van der Waals surface area contributed by atoms with Gasteiger partial charge in [-0.05, 0) is 49.0 Å². The van der Waals surface area contributed by atoms with Crippen LogP contribution >= 0.6 is 11.3 Å².